The second-order valence-corrected chi connectivity index (χ2v) is 7.16. The number of amides is 3. The molecule has 0 aromatic heterocycles. The summed E-state index contributed by atoms with van der Waals surface area (Å²) in [5.74, 6) is -0.874. The van der Waals surface area contributed by atoms with E-state index in [4.69, 9.17) is 5.21 Å². The van der Waals surface area contributed by atoms with Gasteiger partial charge in [0.05, 0.1) is 6.54 Å². The molecular weight excluding hydrogens is 379 g/mol. The van der Waals surface area contributed by atoms with Crippen LogP contribution in [0.2, 0.25) is 0 Å². The summed E-state index contributed by atoms with van der Waals surface area (Å²) in [6.45, 7) is 2.63. The van der Waals surface area contributed by atoms with Crippen LogP contribution in [0.5, 0.6) is 0 Å². The second-order valence-electron chi connectivity index (χ2n) is 7.16. The van der Waals surface area contributed by atoms with Gasteiger partial charge in [-0.05, 0) is 31.0 Å². The van der Waals surface area contributed by atoms with E-state index in [1.807, 2.05) is 9.80 Å². The van der Waals surface area contributed by atoms with Gasteiger partial charge < -0.3 is 10.2 Å². The molecule has 1 heterocycles. The minimum absolute atomic E-state index is 0.113. The van der Waals surface area contributed by atoms with Crippen molar-refractivity contribution < 1.29 is 24.0 Å². The first-order valence-corrected chi connectivity index (χ1v) is 9.96. The van der Waals surface area contributed by atoms with Crippen LogP contribution in [-0.2, 0) is 14.4 Å². The highest BCUT2D eigenvalue weighted by Crippen LogP contribution is 2.11. The van der Waals surface area contributed by atoms with E-state index in [-0.39, 0.29) is 24.3 Å². The number of benzene rings is 1. The number of carbonyl (C=O) groups is 3. The highest BCUT2D eigenvalue weighted by molar-refractivity contribution is 5.92. The van der Waals surface area contributed by atoms with Crippen molar-refractivity contribution in [3.05, 3.63) is 30.1 Å². The van der Waals surface area contributed by atoms with Crippen LogP contribution in [-0.4, -0.2) is 65.5 Å². The molecule has 0 bridgehead atoms. The van der Waals surface area contributed by atoms with Gasteiger partial charge in [0.1, 0.15) is 5.82 Å². The van der Waals surface area contributed by atoms with E-state index in [0.29, 0.717) is 51.1 Å². The third kappa shape index (κ3) is 8.57. The normalized spacial score (nSPS) is 14.5. The van der Waals surface area contributed by atoms with Crippen LogP contribution in [0.25, 0.3) is 0 Å². The number of rotatable bonds is 10. The standard InChI is InChI=1S/C20H29FN4O4/c21-16-6-5-7-17(14-16)22-19(27)15-24-10-12-25(13-11-24)20(28)9-4-2-1-3-8-18(26)23-29/h5-7,14,29H,1-4,8-13,15H2,(H,22,27)(H,23,26). The van der Waals surface area contributed by atoms with Crippen LogP contribution < -0.4 is 10.8 Å². The summed E-state index contributed by atoms with van der Waals surface area (Å²) in [7, 11) is 0. The summed E-state index contributed by atoms with van der Waals surface area (Å²) < 4.78 is 13.2. The molecule has 1 aliphatic heterocycles. The number of nitrogens with zero attached hydrogens (tertiary/aromatic N) is 2. The zero-order valence-electron chi connectivity index (χ0n) is 16.5. The molecule has 29 heavy (non-hydrogen) atoms. The van der Waals surface area contributed by atoms with Crippen molar-refractivity contribution in [1.82, 2.24) is 15.3 Å². The van der Waals surface area contributed by atoms with Gasteiger partial charge in [0.25, 0.3) is 0 Å². The zero-order valence-corrected chi connectivity index (χ0v) is 16.5. The lowest BCUT2D eigenvalue weighted by molar-refractivity contribution is -0.133. The third-order valence-corrected chi connectivity index (χ3v) is 4.87. The summed E-state index contributed by atoms with van der Waals surface area (Å²) in [5.41, 5.74) is 2.03. The molecule has 0 atom stereocenters. The second kappa shape index (κ2) is 12.1. The summed E-state index contributed by atoms with van der Waals surface area (Å²) in [6, 6.07) is 5.78. The minimum Gasteiger partial charge on any atom is -0.340 e. The monoisotopic (exact) mass is 408 g/mol. The Morgan fingerprint density at radius 2 is 1.66 bits per heavy atom. The number of halogens is 1. The summed E-state index contributed by atoms with van der Waals surface area (Å²) in [4.78, 5) is 39.1. The van der Waals surface area contributed by atoms with Crippen molar-refractivity contribution >= 4 is 23.4 Å². The first kappa shape index (κ1) is 22.8. The molecule has 3 amide bonds. The maximum Gasteiger partial charge on any atom is 0.243 e. The van der Waals surface area contributed by atoms with Gasteiger partial charge in [0.2, 0.25) is 17.7 Å². The predicted molar refractivity (Wildman–Crippen MR) is 106 cm³/mol. The first-order valence-electron chi connectivity index (χ1n) is 9.96. The summed E-state index contributed by atoms with van der Waals surface area (Å²) >= 11 is 0. The van der Waals surface area contributed by atoms with Crippen LogP contribution in [0, 0.1) is 5.82 Å². The number of hydrogen-bond donors (Lipinski definition) is 3. The molecule has 1 aromatic rings. The van der Waals surface area contributed by atoms with E-state index >= 15 is 0 Å². The predicted octanol–water partition coefficient (Wildman–Crippen LogP) is 1.75. The number of hydroxylamine groups is 1. The van der Waals surface area contributed by atoms with E-state index in [2.05, 4.69) is 5.32 Å². The van der Waals surface area contributed by atoms with Gasteiger partial charge in [-0.15, -0.1) is 0 Å². The van der Waals surface area contributed by atoms with E-state index in [1.54, 1.807) is 17.6 Å². The van der Waals surface area contributed by atoms with Gasteiger partial charge in [-0.1, -0.05) is 18.9 Å². The Hall–Kier alpha value is -2.52. The van der Waals surface area contributed by atoms with Gasteiger partial charge >= 0.3 is 0 Å². The molecule has 0 saturated carbocycles. The Balaban J connectivity index is 1.58. The Labute approximate surface area is 170 Å². The number of unbranched alkanes of at least 4 members (excludes halogenated alkanes) is 3. The maximum atomic E-state index is 13.2. The highest BCUT2D eigenvalue weighted by Gasteiger charge is 2.22. The Morgan fingerprint density at radius 1 is 0.966 bits per heavy atom. The third-order valence-electron chi connectivity index (χ3n) is 4.87. The molecular formula is C20H29FN4O4. The van der Waals surface area contributed by atoms with Crippen LogP contribution in [0.3, 0.4) is 0 Å². The Morgan fingerprint density at radius 3 is 2.31 bits per heavy atom. The summed E-state index contributed by atoms with van der Waals surface area (Å²) in [5, 5.41) is 11.1. The van der Waals surface area contributed by atoms with Crippen LogP contribution >= 0.6 is 0 Å². The SMILES string of the molecule is O=C(CCCCCCC(=O)N1CCN(CC(=O)Nc2cccc(F)c2)CC1)NO. The van der Waals surface area contributed by atoms with Gasteiger partial charge in [-0.2, -0.15) is 0 Å². The van der Waals surface area contributed by atoms with Crippen molar-refractivity contribution in [3.8, 4) is 0 Å². The molecule has 160 valence electrons. The topological polar surface area (TPSA) is 102 Å². The zero-order chi connectivity index (χ0) is 21.1. The lowest BCUT2D eigenvalue weighted by atomic mass is 10.1. The average Bonchev–Trinajstić information content (AvgIpc) is 2.70. The van der Waals surface area contributed by atoms with Crippen LogP contribution in [0.15, 0.2) is 24.3 Å². The molecule has 1 fully saturated rings. The number of piperazine rings is 1. The van der Waals surface area contributed by atoms with Gasteiger partial charge in [-0.3, -0.25) is 24.5 Å². The van der Waals surface area contributed by atoms with E-state index in [9.17, 15) is 18.8 Å². The highest BCUT2D eigenvalue weighted by atomic mass is 19.1. The Kier molecular flexibility index (Phi) is 9.52. The van der Waals surface area contributed by atoms with Crippen molar-refractivity contribution in [2.45, 2.75) is 38.5 Å². The fourth-order valence-electron chi connectivity index (χ4n) is 3.25. The quantitative estimate of drug-likeness (QED) is 0.311. The lowest BCUT2D eigenvalue weighted by Crippen LogP contribution is -2.50. The van der Waals surface area contributed by atoms with Gasteiger partial charge in [-0.25, -0.2) is 9.87 Å². The number of nitrogens with one attached hydrogen (secondary N) is 2. The lowest BCUT2D eigenvalue weighted by Gasteiger charge is -2.34. The van der Waals surface area contributed by atoms with Crippen LogP contribution in [0.4, 0.5) is 10.1 Å². The first-order chi connectivity index (χ1) is 14.0. The van der Waals surface area contributed by atoms with E-state index in [0.717, 1.165) is 19.3 Å². The molecule has 0 spiro atoms. The van der Waals surface area contributed by atoms with Gasteiger partial charge in [0, 0.05) is 44.7 Å². The average molecular weight is 408 g/mol. The van der Waals surface area contributed by atoms with Crippen LogP contribution in [0.1, 0.15) is 38.5 Å². The van der Waals surface area contributed by atoms with Crippen molar-refractivity contribution in [1.29, 1.82) is 0 Å². The fourth-order valence-corrected chi connectivity index (χ4v) is 3.25. The molecule has 0 aliphatic carbocycles. The Bertz CT molecular complexity index is 693. The molecule has 1 saturated heterocycles. The van der Waals surface area contributed by atoms with Crippen molar-refractivity contribution in [3.63, 3.8) is 0 Å². The number of anilines is 1. The number of carbonyl (C=O) groups excluding carboxylic acids is 3. The van der Waals surface area contributed by atoms with Crippen molar-refractivity contribution in [2.24, 2.45) is 0 Å². The molecule has 0 unspecified atom stereocenters. The van der Waals surface area contributed by atoms with E-state index < -0.39 is 5.82 Å². The minimum atomic E-state index is -0.398. The van der Waals surface area contributed by atoms with Gasteiger partial charge in [0.15, 0.2) is 0 Å². The molecule has 8 nitrogen and oxygen atoms in total. The largest absolute Gasteiger partial charge is 0.340 e. The molecule has 3 N–H and O–H groups in total. The molecule has 9 heteroatoms. The smallest absolute Gasteiger partial charge is 0.243 e. The fraction of sp³-hybridized carbons (Fsp3) is 0.550. The summed E-state index contributed by atoms with van der Waals surface area (Å²) in [6.07, 6.45) is 3.94. The molecule has 1 aliphatic rings. The van der Waals surface area contributed by atoms with E-state index in [1.165, 1.54) is 12.1 Å². The number of hydrogen-bond acceptors (Lipinski definition) is 5. The van der Waals surface area contributed by atoms with Crippen molar-refractivity contribution in [2.75, 3.05) is 38.0 Å². The molecule has 0 radical (unpaired) electrons. The maximum absolute atomic E-state index is 13.2. The molecule has 2 rings (SSSR count). The molecule has 1 aromatic carbocycles.